The molecule has 0 bridgehead atoms. The molecule has 12 nitrogen and oxygen atoms in total. The zero-order chi connectivity index (χ0) is 31.8. The number of carbonyl (C=O) groups excluding carboxylic acids is 2. The lowest BCUT2D eigenvalue weighted by molar-refractivity contribution is 0.0636. The smallest absolute Gasteiger partial charge is 0.412 e. The molecule has 15 heteroatoms. The Bertz CT molecular complexity index is 1590. The number of nitrogens with zero attached hydrogens (tertiary/aromatic N) is 3. The second-order valence-corrected chi connectivity index (χ2v) is 12.5. The molecule has 1 aromatic carbocycles. The summed E-state index contributed by atoms with van der Waals surface area (Å²) in [6.07, 6.45) is 0.804. The number of benzene rings is 1. The number of halogens is 2. The first-order valence-corrected chi connectivity index (χ1v) is 14.8. The van der Waals surface area contributed by atoms with Gasteiger partial charge in [0.05, 0.1) is 34.9 Å². The first-order valence-electron chi connectivity index (χ1n) is 14.0. The Hall–Kier alpha value is -4.37. The molecule has 3 heterocycles. The molecule has 1 fully saturated rings. The Kier molecular flexibility index (Phi) is 8.70. The van der Waals surface area contributed by atoms with Gasteiger partial charge in [0.1, 0.15) is 27.2 Å². The van der Waals surface area contributed by atoms with Crippen LogP contribution in [0.2, 0.25) is 0 Å². The number of nitrogens with one attached hydrogen (secondary N) is 3. The van der Waals surface area contributed by atoms with Gasteiger partial charge in [0, 0.05) is 24.7 Å². The molecule has 2 atom stereocenters. The molecule has 5 N–H and O–H groups in total. The zero-order valence-corrected chi connectivity index (χ0v) is 25.1. The van der Waals surface area contributed by atoms with E-state index in [1.165, 1.54) is 12.3 Å². The molecule has 0 spiro atoms. The zero-order valence-electron chi connectivity index (χ0n) is 24.2. The number of aliphatic hydroxyl groups excluding tert-OH is 1. The van der Waals surface area contributed by atoms with E-state index in [-0.39, 0.29) is 27.4 Å². The number of hydrogen-bond donors (Lipinski definition) is 5. The molecular formula is C29H32F2N6O6S. The van der Waals surface area contributed by atoms with E-state index < -0.39 is 47.0 Å². The normalized spacial score (nSPS) is 18.0. The Morgan fingerprint density at radius 1 is 1.14 bits per heavy atom. The molecule has 0 saturated carbocycles. The first kappa shape index (κ1) is 31.1. The average Bonchev–Trinajstić information content (AvgIpc) is 3.50. The monoisotopic (exact) mass is 630 g/mol. The number of carbonyl (C=O) groups is 3. The van der Waals surface area contributed by atoms with Crippen LogP contribution in [0.5, 0.6) is 0 Å². The largest absolute Gasteiger partial charge is 0.465 e. The Morgan fingerprint density at radius 2 is 1.86 bits per heavy atom. The number of rotatable bonds is 6. The van der Waals surface area contributed by atoms with Crippen molar-refractivity contribution in [2.45, 2.75) is 64.2 Å². The molecule has 44 heavy (non-hydrogen) atoms. The molecule has 0 radical (unpaired) electrons. The van der Waals surface area contributed by atoms with E-state index in [1.807, 2.05) is 4.90 Å². The quantitative estimate of drug-likeness (QED) is 0.243. The molecule has 1 unspecified atom stereocenters. The molecule has 5 rings (SSSR count). The highest BCUT2D eigenvalue weighted by Gasteiger charge is 2.33. The lowest BCUT2D eigenvalue weighted by atomic mass is 10.0. The minimum absolute atomic E-state index is 0.0933. The van der Waals surface area contributed by atoms with Crippen molar-refractivity contribution in [3.8, 4) is 10.6 Å². The summed E-state index contributed by atoms with van der Waals surface area (Å²) in [4.78, 5) is 48.3. The summed E-state index contributed by atoms with van der Waals surface area (Å²) < 4.78 is 34.7. The predicted octanol–water partition coefficient (Wildman–Crippen LogP) is 5.30. The molecule has 2 aliphatic rings. The summed E-state index contributed by atoms with van der Waals surface area (Å²) in [5, 5.41) is 27.3. The molecule has 1 aliphatic heterocycles. The SMILES string of the molecule is CC(C)(C)OC(=O)Nc1sc(-c2c(F)cccc2F)nc1C(=O)Nc1cnc2c(c1N1CCC[C@H](NC(=O)O)C1)CCC2O. The second-order valence-electron chi connectivity index (χ2n) is 11.5. The molecule has 234 valence electrons. The number of carboxylic acid groups (broad SMARTS) is 1. The molecule has 1 saturated heterocycles. The number of amides is 3. The van der Waals surface area contributed by atoms with Crippen molar-refractivity contribution in [3.05, 3.63) is 53.0 Å². The van der Waals surface area contributed by atoms with E-state index >= 15 is 0 Å². The summed E-state index contributed by atoms with van der Waals surface area (Å²) in [6.45, 7) is 5.85. The average molecular weight is 631 g/mol. The number of anilines is 3. The number of piperidine rings is 1. The fraction of sp³-hybridized carbons (Fsp3) is 0.414. The van der Waals surface area contributed by atoms with E-state index in [0.29, 0.717) is 61.5 Å². The van der Waals surface area contributed by atoms with Crippen LogP contribution in [0.4, 0.5) is 34.7 Å². The highest BCUT2D eigenvalue weighted by atomic mass is 32.1. The van der Waals surface area contributed by atoms with Crippen LogP contribution in [0.25, 0.3) is 10.6 Å². The van der Waals surface area contributed by atoms with Crippen molar-refractivity contribution in [1.82, 2.24) is 15.3 Å². The third kappa shape index (κ3) is 6.73. The fourth-order valence-electron chi connectivity index (χ4n) is 5.38. The number of aromatic nitrogens is 2. The molecule has 3 aromatic rings. The maximum Gasteiger partial charge on any atom is 0.412 e. The van der Waals surface area contributed by atoms with Gasteiger partial charge < -0.3 is 30.5 Å². The Balaban J connectivity index is 1.52. The maximum atomic E-state index is 14.7. The van der Waals surface area contributed by atoms with Gasteiger partial charge in [0.2, 0.25) is 0 Å². The summed E-state index contributed by atoms with van der Waals surface area (Å²) in [6, 6.07) is 2.96. The van der Waals surface area contributed by atoms with E-state index in [0.717, 1.165) is 17.7 Å². The van der Waals surface area contributed by atoms with Crippen molar-refractivity contribution in [2.75, 3.05) is 28.6 Å². The van der Waals surface area contributed by atoms with Crippen LogP contribution < -0.4 is 20.9 Å². The first-order chi connectivity index (χ1) is 20.8. The molecular weight excluding hydrogens is 598 g/mol. The summed E-state index contributed by atoms with van der Waals surface area (Å²) in [5.74, 6) is -2.59. The van der Waals surface area contributed by atoms with Crippen LogP contribution in [0.3, 0.4) is 0 Å². The maximum absolute atomic E-state index is 14.7. The van der Waals surface area contributed by atoms with Gasteiger partial charge in [-0.3, -0.25) is 15.1 Å². The second kappa shape index (κ2) is 12.3. The highest BCUT2D eigenvalue weighted by molar-refractivity contribution is 7.19. The van der Waals surface area contributed by atoms with E-state index in [9.17, 15) is 33.4 Å². The van der Waals surface area contributed by atoms with E-state index in [4.69, 9.17) is 4.74 Å². The van der Waals surface area contributed by atoms with Crippen LogP contribution in [0.15, 0.2) is 24.4 Å². The van der Waals surface area contributed by atoms with E-state index in [1.54, 1.807) is 20.8 Å². The molecule has 1 aliphatic carbocycles. The van der Waals surface area contributed by atoms with Gasteiger partial charge in [-0.05, 0) is 58.6 Å². The minimum atomic E-state index is -1.14. The van der Waals surface area contributed by atoms with Crippen LogP contribution in [-0.2, 0) is 11.2 Å². The van der Waals surface area contributed by atoms with Crippen LogP contribution in [0, 0.1) is 11.6 Å². The van der Waals surface area contributed by atoms with Gasteiger partial charge in [0.15, 0.2) is 5.69 Å². The third-order valence-corrected chi connectivity index (χ3v) is 8.10. The van der Waals surface area contributed by atoms with Crippen molar-refractivity contribution >= 4 is 45.8 Å². The summed E-state index contributed by atoms with van der Waals surface area (Å²) >= 11 is 0.706. The third-order valence-electron chi connectivity index (χ3n) is 7.11. The topological polar surface area (TPSA) is 166 Å². The lowest BCUT2D eigenvalue weighted by Crippen LogP contribution is -2.48. The number of ether oxygens (including phenoxy) is 1. The van der Waals surface area contributed by atoms with Crippen molar-refractivity contribution in [2.24, 2.45) is 0 Å². The summed E-state index contributed by atoms with van der Waals surface area (Å²) in [5.41, 5.74) is 0.435. The van der Waals surface area contributed by atoms with Gasteiger partial charge >= 0.3 is 12.2 Å². The summed E-state index contributed by atoms with van der Waals surface area (Å²) in [7, 11) is 0. The van der Waals surface area contributed by atoms with Crippen LogP contribution >= 0.6 is 11.3 Å². The Morgan fingerprint density at radius 3 is 2.55 bits per heavy atom. The van der Waals surface area contributed by atoms with Gasteiger partial charge in [-0.25, -0.2) is 23.4 Å². The number of thiazole rings is 1. The highest BCUT2D eigenvalue weighted by Crippen LogP contribution is 2.42. The van der Waals surface area contributed by atoms with Gasteiger partial charge in [-0.1, -0.05) is 17.4 Å². The standard InChI is InChI=1S/C29H32F2N6O6S/c1-29(2,3)43-28(42)36-26-22(35-25(44-26)20-16(30)7-4-8-17(20)31)24(39)34-18-12-32-21-15(9-10-19(21)38)23(18)37-11-5-6-14(13-37)33-27(40)41/h4,7-8,12,14,19,33,38H,5-6,9-11,13H2,1-3H3,(H,34,39)(H,36,42)(H,40,41)/t14-,19?/m0/s1. The van der Waals surface area contributed by atoms with Gasteiger partial charge in [0.25, 0.3) is 5.91 Å². The van der Waals surface area contributed by atoms with Crippen LogP contribution in [-0.4, -0.2) is 63.0 Å². The fourth-order valence-corrected chi connectivity index (χ4v) is 6.38. The predicted molar refractivity (Wildman–Crippen MR) is 159 cm³/mol. The van der Waals surface area contributed by atoms with Crippen molar-refractivity contribution in [3.63, 3.8) is 0 Å². The van der Waals surface area contributed by atoms with Crippen molar-refractivity contribution < 1.29 is 38.1 Å². The number of aliphatic hydroxyl groups is 1. The van der Waals surface area contributed by atoms with Crippen LogP contribution in [0.1, 0.15) is 67.9 Å². The minimum Gasteiger partial charge on any atom is -0.465 e. The number of fused-ring (bicyclic) bond motifs is 1. The van der Waals surface area contributed by atoms with E-state index in [2.05, 4.69) is 25.9 Å². The Labute approximate surface area is 255 Å². The lowest BCUT2D eigenvalue weighted by Gasteiger charge is -2.36. The van der Waals surface area contributed by atoms with Gasteiger partial charge in [-0.2, -0.15) is 0 Å². The molecule has 2 aromatic heterocycles. The van der Waals surface area contributed by atoms with Crippen molar-refractivity contribution in [1.29, 1.82) is 0 Å². The number of pyridine rings is 1. The molecule has 3 amide bonds. The number of hydrogen-bond acceptors (Lipinski definition) is 9. The van der Waals surface area contributed by atoms with Gasteiger partial charge in [-0.15, -0.1) is 0 Å².